The first-order chi connectivity index (χ1) is 7.74. The number of carbonyl (C=O) groups excluding carboxylic acids is 1. The Bertz CT molecular complexity index is 409. The normalized spacial score (nSPS) is 18.5. The topological polar surface area (TPSA) is 47.6 Å². The zero-order valence-electron chi connectivity index (χ0n) is 9.86. The van der Waals surface area contributed by atoms with Crippen LogP contribution in [-0.4, -0.2) is 32.6 Å². The van der Waals surface area contributed by atoms with Crippen molar-refractivity contribution in [2.45, 2.75) is 12.5 Å². The summed E-state index contributed by atoms with van der Waals surface area (Å²) in [6.07, 6.45) is 0.468. The van der Waals surface area contributed by atoms with Crippen molar-refractivity contribution in [3.8, 4) is 11.5 Å². The van der Waals surface area contributed by atoms with E-state index in [-0.39, 0.29) is 24.2 Å². The number of hydrogen-bond donors (Lipinski definition) is 1. The number of halogens is 1. The first kappa shape index (κ1) is 13.8. The Balaban J connectivity index is 0.00000144. The molecule has 0 aliphatic carbocycles. The number of carbonyl (C=O) groups is 1. The highest BCUT2D eigenvalue weighted by Crippen LogP contribution is 2.28. The Morgan fingerprint density at radius 1 is 1.47 bits per heavy atom. The molecule has 17 heavy (non-hydrogen) atoms. The number of hydrogen-bond acceptors (Lipinski definition) is 4. The smallest absolute Gasteiger partial charge is 0.168 e. The van der Waals surface area contributed by atoms with Crippen molar-refractivity contribution in [3.05, 3.63) is 23.8 Å². The summed E-state index contributed by atoms with van der Waals surface area (Å²) in [7, 11) is 3.43. The van der Waals surface area contributed by atoms with Crippen molar-refractivity contribution < 1.29 is 14.3 Å². The predicted molar refractivity (Wildman–Crippen MR) is 67.5 cm³/mol. The average Bonchev–Trinajstić information content (AvgIpc) is 2.48. The van der Waals surface area contributed by atoms with Crippen molar-refractivity contribution in [2.75, 3.05) is 20.8 Å². The predicted octanol–water partition coefficient (Wildman–Crippen LogP) is 1.67. The quantitative estimate of drug-likeness (QED) is 0.876. The number of Topliss-reactive ketones (excluding diaryl/α,β-unsaturated/α-hetero) is 1. The van der Waals surface area contributed by atoms with Crippen LogP contribution in [0, 0.1) is 0 Å². The summed E-state index contributed by atoms with van der Waals surface area (Å²) in [5.41, 5.74) is 0.638. The molecule has 1 unspecified atom stereocenters. The first-order valence-corrected chi connectivity index (χ1v) is 5.26. The van der Waals surface area contributed by atoms with E-state index in [1.54, 1.807) is 25.3 Å². The maximum atomic E-state index is 11.9. The van der Waals surface area contributed by atoms with Crippen LogP contribution in [0.2, 0.25) is 0 Å². The van der Waals surface area contributed by atoms with Crippen molar-refractivity contribution >= 4 is 18.2 Å². The second kappa shape index (κ2) is 5.89. The van der Waals surface area contributed by atoms with E-state index in [1.807, 2.05) is 7.05 Å². The third-order valence-electron chi connectivity index (χ3n) is 2.77. The van der Waals surface area contributed by atoms with E-state index >= 15 is 0 Å². The molecular formula is C12H16ClNO3. The lowest BCUT2D eigenvalue weighted by Gasteiger charge is -2.11. The molecule has 0 spiro atoms. The Hall–Kier alpha value is -1.26. The molecule has 0 saturated heterocycles. The van der Waals surface area contributed by atoms with Gasteiger partial charge >= 0.3 is 0 Å². The molecule has 1 aliphatic rings. The largest absolute Gasteiger partial charge is 0.497 e. The highest BCUT2D eigenvalue weighted by Gasteiger charge is 2.22. The van der Waals surface area contributed by atoms with Gasteiger partial charge in [-0.3, -0.25) is 4.79 Å². The fourth-order valence-corrected chi connectivity index (χ4v) is 1.75. The van der Waals surface area contributed by atoms with E-state index in [0.717, 1.165) is 0 Å². The molecular weight excluding hydrogens is 242 g/mol. The number of ketones is 1. The second-order valence-corrected chi connectivity index (χ2v) is 3.79. The van der Waals surface area contributed by atoms with E-state index in [4.69, 9.17) is 9.47 Å². The van der Waals surface area contributed by atoms with Crippen molar-refractivity contribution in [1.29, 1.82) is 0 Å². The summed E-state index contributed by atoms with van der Waals surface area (Å²) < 4.78 is 10.7. The van der Waals surface area contributed by atoms with Gasteiger partial charge in [0.1, 0.15) is 18.1 Å². The molecule has 0 radical (unpaired) electrons. The van der Waals surface area contributed by atoms with Crippen LogP contribution in [0.1, 0.15) is 16.8 Å². The maximum absolute atomic E-state index is 11.9. The molecule has 5 heteroatoms. The van der Waals surface area contributed by atoms with Gasteiger partial charge in [0.05, 0.1) is 12.7 Å². The molecule has 0 saturated carbocycles. The number of ether oxygens (including phenoxy) is 2. The van der Waals surface area contributed by atoms with Gasteiger partial charge in [-0.1, -0.05) is 0 Å². The average molecular weight is 258 g/mol. The molecule has 1 aromatic carbocycles. The molecule has 0 aromatic heterocycles. The number of benzene rings is 1. The fraction of sp³-hybridized carbons (Fsp3) is 0.417. The molecule has 1 N–H and O–H groups in total. The summed E-state index contributed by atoms with van der Waals surface area (Å²) in [4.78, 5) is 11.9. The highest BCUT2D eigenvalue weighted by molar-refractivity contribution is 5.99. The molecule has 1 aromatic rings. The van der Waals surface area contributed by atoms with E-state index in [0.29, 0.717) is 30.1 Å². The number of likely N-dealkylation sites (N-methyl/N-ethyl adjacent to an activating group) is 1. The van der Waals surface area contributed by atoms with Gasteiger partial charge in [0, 0.05) is 18.5 Å². The van der Waals surface area contributed by atoms with Gasteiger partial charge in [-0.2, -0.15) is 0 Å². The SMILES string of the molecule is CNC1COc2cc(OC)ccc2C(=O)C1.Cl. The summed E-state index contributed by atoms with van der Waals surface area (Å²) in [6, 6.07) is 5.37. The zero-order chi connectivity index (χ0) is 11.5. The van der Waals surface area contributed by atoms with E-state index in [9.17, 15) is 4.79 Å². The standard InChI is InChI=1S/C12H15NO3.ClH/c1-13-8-5-11(14)10-4-3-9(15-2)6-12(10)16-7-8;/h3-4,6,8,13H,5,7H2,1-2H3;1H. The molecule has 1 atom stereocenters. The van der Waals surface area contributed by atoms with Crippen LogP contribution in [0.25, 0.3) is 0 Å². The van der Waals surface area contributed by atoms with Gasteiger partial charge in [-0.15, -0.1) is 12.4 Å². The molecule has 0 amide bonds. The lowest BCUT2D eigenvalue weighted by atomic mass is 10.0. The summed E-state index contributed by atoms with van der Waals surface area (Å²) in [5, 5.41) is 3.06. The Morgan fingerprint density at radius 2 is 2.24 bits per heavy atom. The van der Waals surface area contributed by atoms with Crippen LogP contribution in [0.3, 0.4) is 0 Å². The molecule has 2 rings (SSSR count). The van der Waals surface area contributed by atoms with E-state index in [2.05, 4.69) is 5.32 Å². The van der Waals surface area contributed by atoms with Crippen LogP contribution in [0.15, 0.2) is 18.2 Å². The summed E-state index contributed by atoms with van der Waals surface area (Å²) >= 11 is 0. The number of nitrogens with one attached hydrogen (secondary N) is 1. The van der Waals surface area contributed by atoms with Crippen molar-refractivity contribution in [1.82, 2.24) is 5.32 Å². The van der Waals surface area contributed by atoms with Gasteiger partial charge in [-0.05, 0) is 19.2 Å². The number of rotatable bonds is 2. The monoisotopic (exact) mass is 257 g/mol. The third-order valence-corrected chi connectivity index (χ3v) is 2.77. The lowest BCUT2D eigenvalue weighted by Crippen LogP contribution is -2.32. The van der Waals surface area contributed by atoms with Crippen molar-refractivity contribution in [2.24, 2.45) is 0 Å². The van der Waals surface area contributed by atoms with Gasteiger partial charge < -0.3 is 14.8 Å². The molecule has 94 valence electrons. The van der Waals surface area contributed by atoms with Gasteiger partial charge in [0.2, 0.25) is 0 Å². The van der Waals surface area contributed by atoms with Crippen LogP contribution in [0.4, 0.5) is 0 Å². The zero-order valence-corrected chi connectivity index (χ0v) is 10.7. The second-order valence-electron chi connectivity index (χ2n) is 3.79. The maximum Gasteiger partial charge on any atom is 0.168 e. The molecule has 1 aliphatic heterocycles. The van der Waals surface area contributed by atoms with Gasteiger partial charge in [-0.25, -0.2) is 0 Å². The lowest BCUT2D eigenvalue weighted by molar-refractivity contribution is 0.0972. The van der Waals surface area contributed by atoms with E-state index < -0.39 is 0 Å². The summed E-state index contributed by atoms with van der Waals surface area (Å²) in [5.74, 6) is 1.42. The fourth-order valence-electron chi connectivity index (χ4n) is 1.75. The van der Waals surface area contributed by atoms with Gasteiger partial charge in [0.15, 0.2) is 5.78 Å². The Kier molecular flexibility index (Phi) is 4.78. The summed E-state index contributed by atoms with van der Waals surface area (Å²) in [6.45, 7) is 0.502. The van der Waals surface area contributed by atoms with Gasteiger partial charge in [0.25, 0.3) is 0 Å². The minimum absolute atomic E-state index is 0. The molecule has 4 nitrogen and oxygen atoms in total. The molecule has 1 heterocycles. The third kappa shape index (κ3) is 2.90. The number of methoxy groups -OCH3 is 1. The minimum atomic E-state index is 0. The first-order valence-electron chi connectivity index (χ1n) is 5.26. The number of fused-ring (bicyclic) bond motifs is 1. The van der Waals surface area contributed by atoms with Crippen LogP contribution >= 0.6 is 12.4 Å². The van der Waals surface area contributed by atoms with Crippen LogP contribution in [-0.2, 0) is 0 Å². The van der Waals surface area contributed by atoms with Crippen molar-refractivity contribution in [3.63, 3.8) is 0 Å². The van der Waals surface area contributed by atoms with Crippen LogP contribution in [0.5, 0.6) is 11.5 Å². The minimum Gasteiger partial charge on any atom is -0.497 e. The molecule has 0 fully saturated rings. The Morgan fingerprint density at radius 3 is 2.88 bits per heavy atom. The Labute approximate surface area is 107 Å². The highest BCUT2D eigenvalue weighted by atomic mass is 35.5. The van der Waals surface area contributed by atoms with E-state index in [1.165, 1.54) is 0 Å². The van der Waals surface area contributed by atoms with Crippen LogP contribution < -0.4 is 14.8 Å². The molecule has 0 bridgehead atoms.